The molecule has 2 N–H and O–H groups in total. The molecule has 4 heteroatoms. The fourth-order valence-corrected chi connectivity index (χ4v) is 3.37. The molecule has 0 saturated heterocycles. The van der Waals surface area contributed by atoms with E-state index in [1.165, 1.54) is 10.4 Å². The van der Waals surface area contributed by atoms with Crippen molar-refractivity contribution in [3.05, 3.63) is 21.4 Å². The van der Waals surface area contributed by atoms with Gasteiger partial charge >= 0.3 is 0 Å². The van der Waals surface area contributed by atoms with E-state index in [-0.39, 0.29) is 18.6 Å². The van der Waals surface area contributed by atoms with Crippen molar-refractivity contribution < 1.29 is 9.90 Å². The Labute approximate surface area is 112 Å². The van der Waals surface area contributed by atoms with Crippen molar-refractivity contribution in [1.29, 1.82) is 0 Å². The molecule has 2 rings (SSSR count). The monoisotopic (exact) mass is 267 g/mol. The molecule has 0 bridgehead atoms. The second-order valence-electron chi connectivity index (χ2n) is 5.22. The van der Waals surface area contributed by atoms with E-state index in [1.807, 2.05) is 19.9 Å². The lowest BCUT2D eigenvalue weighted by atomic mass is 9.86. The van der Waals surface area contributed by atoms with E-state index >= 15 is 0 Å². The molecule has 1 fully saturated rings. The van der Waals surface area contributed by atoms with E-state index in [4.69, 9.17) is 5.11 Å². The van der Waals surface area contributed by atoms with Crippen molar-refractivity contribution in [1.82, 2.24) is 5.32 Å². The molecular weight excluding hydrogens is 246 g/mol. The van der Waals surface area contributed by atoms with Gasteiger partial charge in [0.2, 0.25) is 0 Å². The maximum atomic E-state index is 12.1. The van der Waals surface area contributed by atoms with Gasteiger partial charge < -0.3 is 10.4 Å². The summed E-state index contributed by atoms with van der Waals surface area (Å²) in [4.78, 5) is 14.1. The lowest BCUT2D eigenvalue weighted by molar-refractivity contribution is 0.0918. The average molecular weight is 267 g/mol. The lowest BCUT2D eigenvalue weighted by Gasteiger charge is -2.27. The third-order valence-electron chi connectivity index (χ3n) is 3.83. The molecule has 0 aromatic carbocycles. The van der Waals surface area contributed by atoms with Crippen LogP contribution in [0.1, 0.15) is 45.8 Å². The van der Waals surface area contributed by atoms with Crippen molar-refractivity contribution in [3.8, 4) is 0 Å². The molecule has 0 radical (unpaired) electrons. The first-order valence-electron chi connectivity index (χ1n) is 6.59. The smallest absolute Gasteiger partial charge is 0.261 e. The highest BCUT2D eigenvalue weighted by atomic mass is 32.1. The van der Waals surface area contributed by atoms with Crippen molar-refractivity contribution in [2.24, 2.45) is 5.92 Å². The van der Waals surface area contributed by atoms with Crippen LogP contribution in [0.15, 0.2) is 6.07 Å². The summed E-state index contributed by atoms with van der Waals surface area (Å²) in [5.74, 6) is 0.494. The van der Waals surface area contributed by atoms with E-state index in [0.717, 1.165) is 30.6 Å². The van der Waals surface area contributed by atoms with Gasteiger partial charge in [0.05, 0.1) is 4.88 Å². The number of carbonyl (C=O) groups excluding carboxylic acids is 1. The van der Waals surface area contributed by atoms with Crippen LogP contribution >= 0.6 is 11.3 Å². The minimum absolute atomic E-state index is 0.0589. The first-order valence-corrected chi connectivity index (χ1v) is 7.40. The van der Waals surface area contributed by atoms with E-state index in [2.05, 4.69) is 5.32 Å². The fourth-order valence-electron chi connectivity index (χ4n) is 2.43. The summed E-state index contributed by atoms with van der Waals surface area (Å²) in [6.07, 6.45) is 4.01. The molecule has 0 aliphatic heterocycles. The SMILES string of the molecule is Cc1cc(C(=O)NC2CCC(CO)CC2)sc1C. The molecule has 0 unspecified atom stereocenters. The van der Waals surface area contributed by atoms with E-state index in [9.17, 15) is 4.79 Å². The first kappa shape index (κ1) is 13.6. The van der Waals surface area contributed by atoms with Crippen molar-refractivity contribution >= 4 is 17.2 Å². The van der Waals surface area contributed by atoms with Crippen molar-refractivity contribution in [2.75, 3.05) is 6.61 Å². The summed E-state index contributed by atoms with van der Waals surface area (Å²) < 4.78 is 0. The van der Waals surface area contributed by atoms with Crippen LogP contribution < -0.4 is 5.32 Å². The molecule has 1 heterocycles. The maximum Gasteiger partial charge on any atom is 0.261 e. The number of hydrogen-bond donors (Lipinski definition) is 2. The minimum atomic E-state index is 0.0589. The third kappa shape index (κ3) is 3.12. The number of hydrogen-bond acceptors (Lipinski definition) is 3. The number of rotatable bonds is 3. The van der Waals surface area contributed by atoms with Crippen LogP contribution in [-0.4, -0.2) is 23.7 Å². The Morgan fingerprint density at radius 1 is 1.39 bits per heavy atom. The zero-order valence-electron chi connectivity index (χ0n) is 11.0. The van der Waals surface area contributed by atoms with Gasteiger partial charge in [0.1, 0.15) is 0 Å². The van der Waals surface area contributed by atoms with Crippen LogP contribution in [0, 0.1) is 19.8 Å². The highest BCUT2D eigenvalue weighted by Crippen LogP contribution is 2.25. The van der Waals surface area contributed by atoms with Crippen molar-refractivity contribution in [2.45, 2.75) is 45.6 Å². The van der Waals surface area contributed by atoms with Gasteiger partial charge in [0.25, 0.3) is 5.91 Å². The summed E-state index contributed by atoms with van der Waals surface area (Å²) in [6.45, 7) is 4.36. The highest BCUT2D eigenvalue weighted by Gasteiger charge is 2.22. The standard InChI is InChI=1S/C14H21NO2S/c1-9-7-13(18-10(9)2)14(17)15-12-5-3-11(8-16)4-6-12/h7,11-12,16H,3-6,8H2,1-2H3,(H,15,17). The topological polar surface area (TPSA) is 49.3 Å². The van der Waals surface area contributed by atoms with Gasteiger partial charge in [-0.25, -0.2) is 0 Å². The summed E-state index contributed by atoms with van der Waals surface area (Å²) >= 11 is 1.56. The van der Waals surface area contributed by atoms with Crippen LogP contribution in [0.4, 0.5) is 0 Å². The molecule has 1 saturated carbocycles. The van der Waals surface area contributed by atoms with E-state index in [0.29, 0.717) is 5.92 Å². The zero-order valence-corrected chi connectivity index (χ0v) is 11.8. The molecule has 0 atom stereocenters. The molecule has 1 amide bonds. The number of aliphatic hydroxyl groups excluding tert-OH is 1. The van der Waals surface area contributed by atoms with Gasteiger partial charge in [-0.2, -0.15) is 0 Å². The summed E-state index contributed by atoms with van der Waals surface area (Å²) in [7, 11) is 0. The first-order chi connectivity index (χ1) is 8.60. The Morgan fingerprint density at radius 2 is 2.06 bits per heavy atom. The number of carbonyl (C=O) groups is 1. The fraction of sp³-hybridized carbons (Fsp3) is 0.643. The highest BCUT2D eigenvalue weighted by molar-refractivity contribution is 7.14. The van der Waals surface area contributed by atoms with Gasteiger partial charge in [-0.05, 0) is 57.1 Å². The number of aryl methyl sites for hydroxylation is 2. The molecule has 1 aromatic heterocycles. The van der Waals surface area contributed by atoms with Crippen LogP contribution in [-0.2, 0) is 0 Å². The molecule has 1 aliphatic carbocycles. The van der Waals surface area contributed by atoms with Crippen molar-refractivity contribution in [3.63, 3.8) is 0 Å². The maximum absolute atomic E-state index is 12.1. The Kier molecular flexibility index (Phi) is 4.40. The quantitative estimate of drug-likeness (QED) is 0.884. The Bertz CT molecular complexity index is 400. The van der Waals surface area contributed by atoms with Gasteiger partial charge in [0.15, 0.2) is 0 Å². The number of aliphatic hydroxyl groups is 1. The third-order valence-corrected chi connectivity index (χ3v) is 4.98. The largest absolute Gasteiger partial charge is 0.396 e. The van der Waals surface area contributed by atoms with Gasteiger partial charge in [0, 0.05) is 17.5 Å². The van der Waals surface area contributed by atoms with E-state index in [1.54, 1.807) is 11.3 Å². The van der Waals surface area contributed by atoms with Gasteiger partial charge in [-0.1, -0.05) is 0 Å². The lowest BCUT2D eigenvalue weighted by Crippen LogP contribution is -2.37. The minimum Gasteiger partial charge on any atom is -0.396 e. The second kappa shape index (κ2) is 5.85. The number of amides is 1. The van der Waals surface area contributed by atoms with Gasteiger partial charge in [-0.15, -0.1) is 11.3 Å². The molecule has 1 aromatic rings. The number of thiophene rings is 1. The van der Waals surface area contributed by atoms with E-state index < -0.39 is 0 Å². The predicted molar refractivity (Wildman–Crippen MR) is 74.1 cm³/mol. The Hall–Kier alpha value is -0.870. The molecule has 100 valence electrons. The van der Waals surface area contributed by atoms with Crippen LogP contribution in [0.5, 0.6) is 0 Å². The van der Waals surface area contributed by atoms with Crippen LogP contribution in [0.2, 0.25) is 0 Å². The van der Waals surface area contributed by atoms with Crippen LogP contribution in [0.25, 0.3) is 0 Å². The summed E-state index contributed by atoms with van der Waals surface area (Å²) in [5, 5.41) is 12.2. The molecule has 3 nitrogen and oxygen atoms in total. The molecular formula is C14H21NO2S. The van der Waals surface area contributed by atoms with Gasteiger partial charge in [-0.3, -0.25) is 4.79 Å². The molecule has 18 heavy (non-hydrogen) atoms. The normalized spacial score (nSPS) is 23.9. The Balaban J connectivity index is 1.88. The average Bonchev–Trinajstić information content (AvgIpc) is 2.71. The zero-order chi connectivity index (χ0) is 13.1. The predicted octanol–water partition coefficient (Wildman–Crippen LogP) is 2.65. The molecule has 1 aliphatic rings. The summed E-state index contributed by atoms with van der Waals surface area (Å²) in [6, 6.07) is 2.25. The molecule has 0 spiro atoms. The summed E-state index contributed by atoms with van der Waals surface area (Å²) in [5.41, 5.74) is 1.19. The number of nitrogens with one attached hydrogen (secondary N) is 1. The van der Waals surface area contributed by atoms with Crippen LogP contribution in [0.3, 0.4) is 0 Å². The Morgan fingerprint density at radius 3 is 2.56 bits per heavy atom. The second-order valence-corrected chi connectivity index (χ2v) is 6.48.